The number of sulfonamides is 1. The number of benzene rings is 2. The number of carbonyl (C=O) groups is 1. The molecule has 34 heavy (non-hydrogen) atoms. The predicted molar refractivity (Wildman–Crippen MR) is 135 cm³/mol. The van der Waals surface area contributed by atoms with Crippen molar-refractivity contribution in [3.63, 3.8) is 0 Å². The molecule has 2 fully saturated rings. The first-order valence-electron chi connectivity index (χ1n) is 12.6. The van der Waals surface area contributed by atoms with Crippen LogP contribution in [0.5, 0.6) is 0 Å². The van der Waals surface area contributed by atoms with Gasteiger partial charge in [-0.2, -0.15) is 4.31 Å². The summed E-state index contributed by atoms with van der Waals surface area (Å²) in [5.74, 6) is 0.0716. The van der Waals surface area contributed by atoms with Crippen molar-refractivity contribution >= 4 is 15.9 Å². The first-order valence-corrected chi connectivity index (χ1v) is 14.0. The molecule has 1 amide bonds. The molecule has 1 N–H and O–H groups in total. The second-order valence-electron chi connectivity index (χ2n) is 9.65. The Kier molecular flexibility index (Phi) is 8.40. The third-order valence-electron chi connectivity index (χ3n) is 7.12. The van der Waals surface area contributed by atoms with Crippen LogP contribution in [0.4, 0.5) is 0 Å². The quantitative estimate of drug-likeness (QED) is 0.619. The van der Waals surface area contributed by atoms with E-state index < -0.39 is 10.0 Å². The molecule has 2 aliphatic heterocycles. The third kappa shape index (κ3) is 6.46. The maximum absolute atomic E-state index is 12.8. The van der Waals surface area contributed by atoms with Gasteiger partial charge in [-0.1, -0.05) is 42.8 Å². The maximum Gasteiger partial charge on any atom is 0.243 e. The summed E-state index contributed by atoms with van der Waals surface area (Å²) in [5.41, 5.74) is 3.69. The number of nitrogens with zero attached hydrogens (tertiary/aromatic N) is 2. The van der Waals surface area contributed by atoms with Crippen molar-refractivity contribution < 1.29 is 13.2 Å². The lowest BCUT2D eigenvalue weighted by molar-refractivity contribution is -0.122. The molecule has 0 aliphatic carbocycles. The molecular formula is C27H37N3O3S. The highest BCUT2D eigenvalue weighted by Gasteiger charge is 2.26. The molecule has 0 radical (unpaired) electrons. The monoisotopic (exact) mass is 483 g/mol. The van der Waals surface area contributed by atoms with E-state index in [-0.39, 0.29) is 11.9 Å². The molecule has 2 aromatic carbocycles. The molecule has 6 nitrogen and oxygen atoms in total. The predicted octanol–water partition coefficient (Wildman–Crippen LogP) is 3.88. The number of amides is 1. The van der Waals surface area contributed by atoms with Gasteiger partial charge < -0.3 is 5.32 Å². The van der Waals surface area contributed by atoms with E-state index in [0.29, 0.717) is 30.8 Å². The minimum absolute atomic E-state index is 0.0716. The fraction of sp³-hybridized carbons (Fsp3) is 0.519. The van der Waals surface area contributed by atoms with E-state index in [1.165, 1.54) is 11.1 Å². The Morgan fingerprint density at radius 3 is 2.29 bits per heavy atom. The Morgan fingerprint density at radius 2 is 1.62 bits per heavy atom. The van der Waals surface area contributed by atoms with E-state index in [0.717, 1.165) is 57.3 Å². The highest BCUT2D eigenvalue weighted by atomic mass is 32.2. The van der Waals surface area contributed by atoms with E-state index in [1.54, 1.807) is 16.4 Å². The lowest BCUT2D eigenvalue weighted by atomic mass is 10.0. The van der Waals surface area contributed by atoms with Gasteiger partial charge in [0.15, 0.2) is 0 Å². The molecule has 0 aromatic heterocycles. The smallest absolute Gasteiger partial charge is 0.243 e. The standard InChI is InChI=1S/C27H37N3O3S/c1-22-7-3-4-8-24(22)21-29-19-15-25(16-20-29)28-27(31)14-11-23-9-12-26(13-10-23)34(32,33)30-17-5-2-6-18-30/h3-4,7-10,12-13,25H,2,5-6,11,14-21H2,1H3,(H,28,31). The Balaban J connectivity index is 1.20. The number of nitrogens with one attached hydrogen (secondary N) is 1. The number of piperidine rings is 2. The molecule has 0 spiro atoms. The Labute approximate surface area is 204 Å². The van der Waals surface area contributed by atoms with Crippen LogP contribution in [-0.2, 0) is 27.8 Å². The van der Waals surface area contributed by atoms with Crippen LogP contribution in [0.25, 0.3) is 0 Å². The number of carbonyl (C=O) groups excluding carboxylic acids is 1. The fourth-order valence-corrected chi connectivity index (χ4v) is 6.42. The molecule has 0 bridgehead atoms. The SMILES string of the molecule is Cc1ccccc1CN1CCC(NC(=O)CCc2ccc(S(=O)(=O)N3CCCCC3)cc2)CC1. The summed E-state index contributed by atoms with van der Waals surface area (Å²) in [4.78, 5) is 15.3. The molecule has 0 atom stereocenters. The zero-order valence-electron chi connectivity index (χ0n) is 20.2. The van der Waals surface area contributed by atoms with Gasteiger partial charge in [-0.15, -0.1) is 0 Å². The summed E-state index contributed by atoms with van der Waals surface area (Å²) in [6, 6.07) is 15.8. The molecule has 2 aromatic rings. The molecule has 7 heteroatoms. The fourth-order valence-electron chi connectivity index (χ4n) is 4.90. The van der Waals surface area contributed by atoms with Gasteiger partial charge in [0.05, 0.1) is 4.90 Å². The Bertz CT molecular complexity index is 1050. The Morgan fingerprint density at radius 1 is 0.941 bits per heavy atom. The summed E-state index contributed by atoms with van der Waals surface area (Å²) < 4.78 is 27.2. The second kappa shape index (κ2) is 11.5. The van der Waals surface area contributed by atoms with Gasteiger partial charge in [0, 0.05) is 45.2 Å². The molecular weight excluding hydrogens is 446 g/mol. The van der Waals surface area contributed by atoms with Gasteiger partial charge >= 0.3 is 0 Å². The van der Waals surface area contributed by atoms with E-state index in [9.17, 15) is 13.2 Å². The highest BCUT2D eigenvalue weighted by Crippen LogP contribution is 2.21. The van der Waals surface area contributed by atoms with Crippen LogP contribution in [0.2, 0.25) is 0 Å². The second-order valence-corrected chi connectivity index (χ2v) is 11.6. The van der Waals surface area contributed by atoms with Crippen LogP contribution < -0.4 is 5.32 Å². The van der Waals surface area contributed by atoms with E-state index in [2.05, 4.69) is 41.4 Å². The third-order valence-corrected chi connectivity index (χ3v) is 9.04. The summed E-state index contributed by atoms with van der Waals surface area (Å²) in [5, 5.41) is 3.20. The van der Waals surface area contributed by atoms with Gasteiger partial charge in [-0.3, -0.25) is 9.69 Å². The van der Waals surface area contributed by atoms with Gasteiger partial charge in [-0.05, 0) is 67.9 Å². The first kappa shape index (κ1) is 24.9. The minimum Gasteiger partial charge on any atom is -0.353 e. The van der Waals surface area contributed by atoms with E-state index >= 15 is 0 Å². The van der Waals surface area contributed by atoms with Crippen LogP contribution in [0, 0.1) is 6.92 Å². The number of hydrogen-bond donors (Lipinski definition) is 1. The van der Waals surface area contributed by atoms with Crippen molar-refractivity contribution in [3.05, 3.63) is 65.2 Å². The van der Waals surface area contributed by atoms with Crippen molar-refractivity contribution in [3.8, 4) is 0 Å². The van der Waals surface area contributed by atoms with Crippen molar-refractivity contribution in [2.75, 3.05) is 26.2 Å². The van der Waals surface area contributed by atoms with Gasteiger partial charge in [0.2, 0.25) is 15.9 Å². The first-order chi connectivity index (χ1) is 16.4. The number of aryl methyl sites for hydroxylation is 2. The van der Waals surface area contributed by atoms with Crippen LogP contribution in [0.1, 0.15) is 55.2 Å². The molecule has 2 heterocycles. The lowest BCUT2D eigenvalue weighted by Gasteiger charge is -2.32. The topological polar surface area (TPSA) is 69.7 Å². The number of hydrogen-bond acceptors (Lipinski definition) is 4. The normalized spacial score (nSPS) is 18.6. The number of rotatable bonds is 8. The Hall–Kier alpha value is -2.22. The zero-order chi connectivity index (χ0) is 24.0. The van der Waals surface area contributed by atoms with Crippen LogP contribution in [-0.4, -0.2) is 55.8 Å². The average molecular weight is 484 g/mol. The summed E-state index contributed by atoms with van der Waals surface area (Å²) in [6.45, 7) is 6.32. The van der Waals surface area contributed by atoms with Crippen molar-refractivity contribution in [2.24, 2.45) is 0 Å². The molecule has 2 aliphatic rings. The van der Waals surface area contributed by atoms with Crippen LogP contribution in [0.15, 0.2) is 53.4 Å². The largest absolute Gasteiger partial charge is 0.353 e. The minimum atomic E-state index is -3.41. The molecule has 2 saturated heterocycles. The summed E-state index contributed by atoms with van der Waals surface area (Å²) >= 11 is 0. The zero-order valence-corrected chi connectivity index (χ0v) is 21.0. The summed E-state index contributed by atoms with van der Waals surface area (Å²) in [7, 11) is -3.41. The molecule has 0 unspecified atom stereocenters. The average Bonchev–Trinajstić information content (AvgIpc) is 2.86. The lowest BCUT2D eigenvalue weighted by Crippen LogP contribution is -2.44. The van der Waals surface area contributed by atoms with Gasteiger partial charge in [0.1, 0.15) is 0 Å². The highest BCUT2D eigenvalue weighted by molar-refractivity contribution is 7.89. The van der Waals surface area contributed by atoms with Gasteiger partial charge in [0.25, 0.3) is 0 Å². The van der Waals surface area contributed by atoms with E-state index in [1.807, 2.05) is 12.1 Å². The van der Waals surface area contributed by atoms with Crippen molar-refractivity contribution in [2.45, 2.75) is 69.4 Å². The van der Waals surface area contributed by atoms with Crippen molar-refractivity contribution in [1.82, 2.24) is 14.5 Å². The molecule has 4 rings (SSSR count). The van der Waals surface area contributed by atoms with Gasteiger partial charge in [-0.25, -0.2) is 8.42 Å². The molecule has 0 saturated carbocycles. The maximum atomic E-state index is 12.8. The van der Waals surface area contributed by atoms with Crippen LogP contribution >= 0.6 is 0 Å². The number of likely N-dealkylation sites (tertiary alicyclic amines) is 1. The van der Waals surface area contributed by atoms with E-state index in [4.69, 9.17) is 0 Å². The van der Waals surface area contributed by atoms with Crippen LogP contribution in [0.3, 0.4) is 0 Å². The summed E-state index contributed by atoms with van der Waals surface area (Å²) in [6.07, 6.45) is 5.93. The molecule has 184 valence electrons. The van der Waals surface area contributed by atoms with Crippen molar-refractivity contribution in [1.29, 1.82) is 0 Å².